The number of anilines is 1. The third kappa shape index (κ3) is 1.96. The minimum atomic E-state index is -1.07. The van der Waals surface area contributed by atoms with Gasteiger partial charge in [0, 0.05) is 0 Å². The molecule has 1 heterocycles. The Morgan fingerprint density at radius 2 is 1.67 bits per heavy atom. The molecule has 0 saturated carbocycles. The highest BCUT2D eigenvalue weighted by Gasteiger charge is 2.55. The summed E-state index contributed by atoms with van der Waals surface area (Å²) in [5, 5.41) is 9.30. The second-order valence-corrected chi connectivity index (χ2v) is 5.51. The summed E-state index contributed by atoms with van der Waals surface area (Å²) in [4.78, 5) is 37.7. The number of para-hydroxylation sites is 1. The number of nitrogens with zero attached hydrogens (tertiary/aromatic N) is 1. The van der Waals surface area contributed by atoms with Crippen molar-refractivity contribution in [2.24, 2.45) is 23.7 Å². The summed E-state index contributed by atoms with van der Waals surface area (Å²) in [6.07, 6.45) is 3.26. The highest BCUT2D eigenvalue weighted by atomic mass is 16.4. The smallest absolute Gasteiger partial charge is 0.311 e. The van der Waals surface area contributed by atoms with E-state index in [2.05, 4.69) is 0 Å². The number of amides is 2. The van der Waals surface area contributed by atoms with Crippen LogP contribution in [-0.4, -0.2) is 22.9 Å². The molecule has 0 bridgehead atoms. The van der Waals surface area contributed by atoms with E-state index in [-0.39, 0.29) is 11.8 Å². The lowest BCUT2D eigenvalue weighted by atomic mass is 9.72. The third-order valence-corrected chi connectivity index (χ3v) is 4.27. The normalized spacial score (nSPS) is 31.4. The van der Waals surface area contributed by atoms with Crippen molar-refractivity contribution in [1.29, 1.82) is 0 Å². The number of fused-ring (bicyclic) bond motifs is 1. The summed E-state index contributed by atoms with van der Waals surface area (Å²) in [5.41, 5.74) is 0.498. The zero-order valence-electron chi connectivity index (χ0n) is 11.5. The molecule has 1 saturated heterocycles. The molecule has 0 radical (unpaired) electrons. The Hall–Kier alpha value is -2.43. The van der Waals surface area contributed by atoms with Crippen LogP contribution in [0.5, 0.6) is 0 Å². The molecule has 3 rings (SSSR count). The van der Waals surface area contributed by atoms with Gasteiger partial charge in [-0.1, -0.05) is 37.3 Å². The Morgan fingerprint density at radius 3 is 2.29 bits per heavy atom. The lowest BCUT2D eigenvalue weighted by molar-refractivity contribution is -0.145. The number of rotatable bonds is 2. The van der Waals surface area contributed by atoms with Crippen LogP contribution in [0.1, 0.15) is 6.92 Å². The van der Waals surface area contributed by atoms with Gasteiger partial charge in [-0.3, -0.25) is 19.3 Å². The van der Waals surface area contributed by atoms with Crippen LogP contribution in [0.3, 0.4) is 0 Å². The number of carboxylic acids is 1. The first-order valence-corrected chi connectivity index (χ1v) is 6.86. The molecular formula is C16H15NO4. The summed E-state index contributed by atoms with van der Waals surface area (Å²) in [6, 6.07) is 8.65. The third-order valence-electron chi connectivity index (χ3n) is 4.27. The van der Waals surface area contributed by atoms with Gasteiger partial charge in [0.2, 0.25) is 11.8 Å². The van der Waals surface area contributed by atoms with Crippen molar-refractivity contribution in [3.63, 3.8) is 0 Å². The maximum Gasteiger partial charge on any atom is 0.311 e. The average Bonchev–Trinajstić information content (AvgIpc) is 2.73. The van der Waals surface area contributed by atoms with Crippen LogP contribution in [-0.2, 0) is 14.4 Å². The SMILES string of the molecule is C[C@@H]1C=C[C@H](C(=O)O)[C@H]2C(=O)N(c3ccccc3)C(=O)[C@H]21. The Bertz CT molecular complexity index is 637. The van der Waals surface area contributed by atoms with Crippen LogP contribution >= 0.6 is 0 Å². The van der Waals surface area contributed by atoms with Crippen molar-refractivity contribution in [3.05, 3.63) is 42.5 Å². The summed E-state index contributed by atoms with van der Waals surface area (Å²) in [7, 11) is 0. The van der Waals surface area contributed by atoms with Gasteiger partial charge >= 0.3 is 5.97 Å². The second kappa shape index (κ2) is 4.84. The monoisotopic (exact) mass is 285 g/mol. The number of carbonyl (C=O) groups excluding carboxylic acids is 2. The molecule has 0 aromatic heterocycles. The Kier molecular flexibility index (Phi) is 3.12. The van der Waals surface area contributed by atoms with Gasteiger partial charge in [-0.25, -0.2) is 0 Å². The standard InChI is InChI=1S/C16H15NO4/c1-9-7-8-11(16(20)21)13-12(9)14(18)17(15(13)19)10-5-3-2-4-6-10/h2-9,11-13H,1H3,(H,20,21)/t9-,11+,12+,13-/m1/s1. The largest absolute Gasteiger partial charge is 0.481 e. The van der Waals surface area contributed by atoms with Gasteiger partial charge in [0.1, 0.15) is 0 Å². The molecule has 1 aromatic carbocycles. The molecule has 1 aliphatic carbocycles. The molecule has 4 atom stereocenters. The van der Waals surface area contributed by atoms with Gasteiger partial charge in [-0.15, -0.1) is 0 Å². The molecule has 1 aliphatic heterocycles. The van der Waals surface area contributed by atoms with E-state index >= 15 is 0 Å². The lowest BCUT2D eigenvalue weighted by Gasteiger charge is -2.27. The van der Waals surface area contributed by atoms with E-state index in [1.165, 1.54) is 6.08 Å². The van der Waals surface area contributed by atoms with Gasteiger partial charge in [-0.05, 0) is 18.1 Å². The van der Waals surface area contributed by atoms with Gasteiger partial charge in [0.15, 0.2) is 0 Å². The maximum absolute atomic E-state index is 12.6. The molecule has 2 amide bonds. The van der Waals surface area contributed by atoms with Crippen molar-refractivity contribution in [3.8, 4) is 0 Å². The topological polar surface area (TPSA) is 74.7 Å². The molecule has 1 fully saturated rings. The van der Waals surface area contributed by atoms with Crippen LogP contribution in [0, 0.1) is 23.7 Å². The van der Waals surface area contributed by atoms with E-state index in [0.29, 0.717) is 5.69 Å². The summed E-state index contributed by atoms with van der Waals surface area (Å²) in [5.74, 6) is -4.27. The highest BCUT2D eigenvalue weighted by molar-refractivity contribution is 6.23. The Morgan fingerprint density at radius 1 is 1.05 bits per heavy atom. The summed E-state index contributed by atoms with van der Waals surface area (Å²) >= 11 is 0. The van der Waals surface area contributed by atoms with E-state index in [1.807, 2.05) is 6.92 Å². The van der Waals surface area contributed by atoms with E-state index < -0.39 is 29.6 Å². The first-order chi connectivity index (χ1) is 10.0. The molecule has 0 unspecified atom stereocenters. The van der Waals surface area contributed by atoms with Crippen LogP contribution < -0.4 is 4.90 Å². The van der Waals surface area contributed by atoms with Crippen molar-refractivity contribution >= 4 is 23.5 Å². The van der Waals surface area contributed by atoms with Gasteiger partial charge in [0.25, 0.3) is 0 Å². The van der Waals surface area contributed by atoms with E-state index in [0.717, 1.165) is 4.90 Å². The zero-order valence-corrected chi connectivity index (χ0v) is 11.5. The fourth-order valence-corrected chi connectivity index (χ4v) is 3.24. The predicted octanol–water partition coefficient (Wildman–Crippen LogP) is 1.70. The molecule has 108 valence electrons. The maximum atomic E-state index is 12.6. The number of hydrogen-bond donors (Lipinski definition) is 1. The van der Waals surface area contributed by atoms with Gasteiger partial charge in [-0.2, -0.15) is 0 Å². The molecule has 0 spiro atoms. The van der Waals surface area contributed by atoms with Crippen LogP contribution in [0.25, 0.3) is 0 Å². The minimum Gasteiger partial charge on any atom is -0.481 e. The van der Waals surface area contributed by atoms with Crippen LogP contribution in [0.15, 0.2) is 42.5 Å². The van der Waals surface area contributed by atoms with Crippen molar-refractivity contribution in [2.75, 3.05) is 4.90 Å². The Labute approximate surface area is 121 Å². The molecule has 1 aromatic rings. The molecule has 2 aliphatic rings. The van der Waals surface area contributed by atoms with Gasteiger partial charge in [0.05, 0.1) is 23.4 Å². The van der Waals surface area contributed by atoms with E-state index in [4.69, 9.17) is 0 Å². The lowest BCUT2D eigenvalue weighted by Crippen LogP contribution is -2.36. The summed E-state index contributed by atoms with van der Waals surface area (Å²) in [6.45, 7) is 1.84. The molecule has 5 nitrogen and oxygen atoms in total. The number of allylic oxidation sites excluding steroid dienone is 1. The Balaban J connectivity index is 2.05. The number of aliphatic carboxylic acids is 1. The van der Waals surface area contributed by atoms with Crippen LogP contribution in [0.4, 0.5) is 5.69 Å². The number of hydrogen-bond acceptors (Lipinski definition) is 3. The van der Waals surface area contributed by atoms with Gasteiger partial charge < -0.3 is 5.11 Å². The number of carbonyl (C=O) groups is 3. The minimum absolute atomic E-state index is 0.143. The number of imide groups is 1. The van der Waals surface area contributed by atoms with Crippen molar-refractivity contribution < 1.29 is 19.5 Å². The first-order valence-electron chi connectivity index (χ1n) is 6.86. The average molecular weight is 285 g/mol. The van der Waals surface area contributed by atoms with E-state index in [9.17, 15) is 19.5 Å². The molecular weight excluding hydrogens is 270 g/mol. The molecule has 5 heteroatoms. The fraction of sp³-hybridized carbons (Fsp3) is 0.312. The first kappa shape index (κ1) is 13.5. The predicted molar refractivity (Wildman–Crippen MR) is 75.3 cm³/mol. The highest BCUT2D eigenvalue weighted by Crippen LogP contribution is 2.43. The van der Waals surface area contributed by atoms with Crippen molar-refractivity contribution in [1.82, 2.24) is 0 Å². The fourth-order valence-electron chi connectivity index (χ4n) is 3.24. The molecule has 21 heavy (non-hydrogen) atoms. The number of carboxylic acid groups (broad SMARTS) is 1. The summed E-state index contributed by atoms with van der Waals surface area (Å²) < 4.78 is 0. The van der Waals surface area contributed by atoms with Crippen LogP contribution in [0.2, 0.25) is 0 Å². The number of benzene rings is 1. The quantitative estimate of drug-likeness (QED) is 0.663. The van der Waals surface area contributed by atoms with E-state index in [1.54, 1.807) is 36.4 Å². The zero-order chi connectivity index (χ0) is 15.1. The second-order valence-electron chi connectivity index (χ2n) is 5.51. The molecule has 1 N–H and O–H groups in total. The van der Waals surface area contributed by atoms with Crippen molar-refractivity contribution in [2.45, 2.75) is 6.92 Å².